The van der Waals surface area contributed by atoms with E-state index < -0.39 is 6.10 Å². The molecular formula is C16H26ClNO. The number of hydrogen-bond acceptors (Lipinski definition) is 2. The van der Waals surface area contributed by atoms with Crippen LogP contribution >= 0.6 is 12.4 Å². The van der Waals surface area contributed by atoms with Crippen LogP contribution in [0.3, 0.4) is 0 Å². The molecule has 2 nitrogen and oxygen atoms in total. The maximum Gasteiger partial charge on any atom is 0.0761 e. The van der Waals surface area contributed by atoms with E-state index in [4.69, 9.17) is 5.73 Å². The molecule has 1 aliphatic carbocycles. The molecule has 0 aromatic heterocycles. The molecule has 0 heterocycles. The fraction of sp³-hybridized carbons (Fsp3) is 0.625. The van der Waals surface area contributed by atoms with Gasteiger partial charge in [0, 0.05) is 0 Å². The van der Waals surface area contributed by atoms with Gasteiger partial charge < -0.3 is 10.8 Å². The molecule has 1 aliphatic rings. The second kappa shape index (κ2) is 7.28. The Morgan fingerprint density at radius 1 is 1.11 bits per heavy atom. The van der Waals surface area contributed by atoms with Crippen molar-refractivity contribution in [3.8, 4) is 0 Å². The van der Waals surface area contributed by atoms with Gasteiger partial charge in [0.25, 0.3) is 0 Å². The molecule has 19 heavy (non-hydrogen) atoms. The van der Waals surface area contributed by atoms with Crippen LogP contribution in [0, 0.1) is 19.8 Å². The van der Waals surface area contributed by atoms with E-state index in [1.54, 1.807) is 0 Å². The molecule has 0 spiro atoms. The van der Waals surface area contributed by atoms with Gasteiger partial charge in [-0.25, -0.2) is 0 Å². The minimum atomic E-state index is -0.398. The van der Waals surface area contributed by atoms with Crippen molar-refractivity contribution in [3.05, 3.63) is 34.9 Å². The minimum Gasteiger partial charge on any atom is -0.391 e. The highest BCUT2D eigenvalue weighted by Crippen LogP contribution is 2.33. The largest absolute Gasteiger partial charge is 0.391 e. The molecule has 1 aromatic carbocycles. The summed E-state index contributed by atoms with van der Waals surface area (Å²) in [7, 11) is 0. The van der Waals surface area contributed by atoms with Gasteiger partial charge in [0.05, 0.1) is 12.1 Å². The number of aliphatic hydroxyl groups excluding tert-OH is 1. The Hall–Kier alpha value is -0.570. The van der Waals surface area contributed by atoms with E-state index in [9.17, 15) is 5.11 Å². The summed E-state index contributed by atoms with van der Waals surface area (Å²) >= 11 is 0. The molecule has 0 saturated heterocycles. The number of aliphatic hydroxyl groups is 1. The van der Waals surface area contributed by atoms with Crippen molar-refractivity contribution in [2.24, 2.45) is 11.7 Å². The molecule has 2 atom stereocenters. The summed E-state index contributed by atoms with van der Waals surface area (Å²) in [5.41, 5.74) is 9.84. The van der Waals surface area contributed by atoms with Gasteiger partial charge in [0.2, 0.25) is 0 Å². The zero-order valence-corrected chi connectivity index (χ0v) is 12.7. The van der Waals surface area contributed by atoms with Crippen molar-refractivity contribution < 1.29 is 5.11 Å². The van der Waals surface area contributed by atoms with Gasteiger partial charge in [-0.05, 0) is 49.3 Å². The number of aryl methyl sites for hydroxylation is 2. The predicted molar refractivity (Wildman–Crippen MR) is 82.7 cm³/mol. The van der Waals surface area contributed by atoms with Crippen LogP contribution in [0.15, 0.2) is 18.2 Å². The van der Waals surface area contributed by atoms with Gasteiger partial charge in [-0.3, -0.25) is 0 Å². The van der Waals surface area contributed by atoms with E-state index >= 15 is 0 Å². The molecule has 0 aliphatic heterocycles. The third-order valence-electron chi connectivity index (χ3n) is 4.38. The van der Waals surface area contributed by atoms with Crippen LogP contribution < -0.4 is 5.73 Å². The Morgan fingerprint density at radius 3 is 2.16 bits per heavy atom. The van der Waals surface area contributed by atoms with Crippen LogP contribution in [0.5, 0.6) is 0 Å². The first-order valence-corrected chi connectivity index (χ1v) is 7.11. The van der Waals surface area contributed by atoms with E-state index in [0.29, 0.717) is 5.92 Å². The Kier molecular flexibility index (Phi) is 6.31. The van der Waals surface area contributed by atoms with E-state index in [2.05, 4.69) is 26.0 Å². The number of benzene rings is 1. The summed E-state index contributed by atoms with van der Waals surface area (Å²) in [6, 6.07) is 5.97. The summed E-state index contributed by atoms with van der Waals surface area (Å²) < 4.78 is 0. The lowest BCUT2D eigenvalue weighted by atomic mass is 9.80. The first-order chi connectivity index (χ1) is 8.61. The highest BCUT2D eigenvalue weighted by Gasteiger charge is 2.28. The van der Waals surface area contributed by atoms with Crippen LogP contribution in [0.1, 0.15) is 54.8 Å². The molecule has 108 valence electrons. The van der Waals surface area contributed by atoms with Crippen LogP contribution in [0.2, 0.25) is 0 Å². The SMILES string of the molecule is Cc1cccc(C)c1[C@H](N)[C@H](O)C1CCCCC1.Cl. The summed E-state index contributed by atoms with van der Waals surface area (Å²) in [4.78, 5) is 0. The maximum absolute atomic E-state index is 10.5. The molecule has 1 fully saturated rings. The average Bonchev–Trinajstić information content (AvgIpc) is 2.38. The second-order valence-corrected chi connectivity index (χ2v) is 5.72. The Balaban J connectivity index is 0.00000180. The maximum atomic E-state index is 10.5. The summed E-state index contributed by atoms with van der Waals surface area (Å²) in [6.45, 7) is 4.16. The van der Waals surface area contributed by atoms with E-state index in [0.717, 1.165) is 18.4 Å². The lowest BCUT2D eigenvalue weighted by Crippen LogP contribution is -2.35. The standard InChI is InChI=1S/C16H25NO.ClH/c1-11-7-6-8-12(2)14(11)15(17)16(18)13-9-4-3-5-10-13;/h6-8,13,15-16,18H,3-5,9-10,17H2,1-2H3;1H/t15-,16+;/m0./s1. The van der Waals surface area contributed by atoms with Gasteiger partial charge in [0.1, 0.15) is 0 Å². The van der Waals surface area contributed by atoms with Crippen molar-refractivity contribution in [1.29, 1.82) is 0 Å². The van der Waals surface area contributed by atoms with Gasteiger partial charge >= 0.3 is 0 Å². The topological polar surface area (TPSA) is 46.2 Å². The third-order valence-corrected chi connectivity index (χ3v) is 4.38. The van der Waals surface area contributed by atoms with Crippen LogP contribution in [-0.2, 0) is 0 Å². The van der Waals surface area contributed by atoms with E-state index in [-0.39, 0.29) is 18.4 Å². The molecule has 2 rings (SSSR count). The van der Waals surface area contributed by atoms with Gasteiger partial charge in [-0.1, -0.05) is 37.5 Å². The predicted octanol–water partition coefficient (Wildman–Crippen LogP) is 3.67. The molecule has 3 heteroatoms. The number of hydrogen-bond donors (Lipinski definition) is 2. The fourth-order valence-electron chi connectivity index (χ4n) is 3.29. The number of halogens is 1. The van der Waals surface area contributed by atoms with Gasteiger partial charge in [0.15, 0.2) is 0 Å². The van der Waals surface area contributed by atoms with Gasteiger partial charge in [-0.2, -0.15) is 0 Å². The lowest BCUT2D eigenvalue weighted by Gasteiger charge is -2.31. The quantitative estimate of drug-likeness (QED) is 0.889. The van der Waals surface area contributed by atoms with Gasteiger partial charge in [-0.15, -0.1) is 12.4 Å². The van der Waals surface area contributed by atoms with Crippen molar-refractivity contribution in [2.45, 2.75) is 58.1 Å². The van der Waals surface area contributed by atoms with Crippen LogP contribution in [0.25, 0.3) is 0 Å². The highest BCUT2D eigenvalue weighted by molar-refractivity contribution is 5.85. The molecule has 1 aromatic rings. The Labute approximate surface area is 122 Å². The first kappa shape index (κ1) is 16.5. The normalized spacial score (nSPS) is 19.6. The lowest BCUT2D eigenvalue weighted by molar-refractivity contribution is 0.0614. The third kappa shape index (κ3) is 3.71. The number of rotatable bonds is 3. The molecule has 0 unspecified atom stereocenters. The summed E-state index contributed by atoms with van der Waals surface area (Å²) in [6.07, 6.45) is 5.63. The van der Waals surface area contributed by atoms with Crippen LogP contribution in [-0.4, -0.2) is 11.2 Å². The Morgan fingerprint density at radius 2 is 1.63 bits per heavy atom. The highest BCUT2D eigenvalue weighted by atomic mass is 35.5. The molecule has 0 radical (unpaired) electrons. The molecule has 1 saturated carbocycles. The molecule has 0 amide bonds. The van der Waals surface area contributed by atoms with Crippen molar-refractivity contribution >= 4 is 12.4 Å². The first-order valence-electron chi connectivity index (χ1n) is 7.11. The zero-order valence-electron chi connectivity index (χ0n) is 11.9. The second-order valence-electron chi connectivity index (χ2n) is 5.72. The van der Waals surface area contributed by atoms with E-state index in [1.807, 2.05) is 6.07 Å². The summed E-state index contributed by atoms with van der Waals surface area (Å²) in [5, 5.41) is 10.5. The number of nitrogens with two attached hydrogens (primary N) is 1. The fourth-order valence-corrected chi connectivity index (χ4v) is 3.29. The molecule has 0 bridgehead atoms. The Bertz CT molecular complexity index is 381. The smallest absolute Gasteiger partial charge is 0.0761 e. The van der Waals surface area contributed by atoms with E-state index in [1.165, 1.54) is 30.4 Å². The van der Waals surface area contributed by atoms with Crippen molar-refractivity contribution in [3.63, 3.8) is 0 Å². The monoisotopic (exact) mass is 283 g/mol. The van der Waals surface area contributed by atoms with Crippen LogP contribution in [0.4, 0.5) is 0 Å². The van der Waals surface area contributed by atoms with Crippen molar-refractivity contribution in [1.82, 2.24) is 0 Å². The molecular weight excluding hydrogens is 258 g/mol. The summed E-state index contributed by atoms with van der Waals surface area (Å²) in [5.74, 6) is 0.382. The van der Waals surface area contributed by atoms with Crippen molar-refractivity contribution in [2.75, 3.05) is 0 Å². The minimum absolute atomic E-state index is 0. The zero-order chi connectivity index (χ0) is 13.1. The average molecular weight is 284 g/mol. The molecule has 3 N–H and O–H groups in total.